The Morgan fingerprint density at radius 2 is 1.81 bits per heavy atom. The smallest absolute Gasteiger partial charge is 0.199 e. The van der Waals surface area contributed by atoms with Crippen molar-refractivity contribution in [2.45, 2.75) is 32.1 Å². The molecule has 1 saturated carbocycles. The minimum atomic E-state index is -0.321. The van der Waals surface area contributed by atoms with E-state index in [-0.39, 0.29) is 11.6 Å². The summed E-state index contributed by atoms with van der Waals surface area (Å²) in [5.74, 6) is -0.0491. The molecule has 1 heterocycles. The normalized spacial score (nSPS) is 14.1. The molecule has 3 aromatic rings. The maximum Gasteiger partial charge on any atom is 0.199 e. The van der Waals surface area contributed by atoms with Crippen LogP contribution < -0.4 is 0 Å². The summed E-state index contributed by atoms with van der Waals surface area (Å²) in [6.07, 6.45) is 2.25. The zero-order valence-corrected chi connectivity index (χ0v) is 15.8. The predicted molar refractivity (Wildman–Crippen MR) is 102 cm³/mol. The fraction of sp³-hybridized carbons (Fsp3) is 0.300. The average Bonchev–Trinajstić information content (AvgIpc) is 3.47. The van der Waals surface area contributed by atoms with Crippen LogP contribution >= 0.6 is 12.2 Å². The number of benzene rings is 2. The van der Waals surface area contributed by atoms with Crippen LogP contribution in [0.15, 0.2) is 48.5 Å². The lowest BCUT2D eigenvalue weighted by Gasteiger charge is -2.21. The molecular weight excluding hydrogens is 366 g/mol. The van der Waals surface area contributed by atoms with Gasteiger partial charge in [-0.2, -0.15) is 5.10 Å². The van der Waals surface area contributed by atoms with Gasteiger partial charge in [0.2, 0.25) is 0 Å². The van der Waals surface area contributed by atoms with Gasteiger partial charge in [0.15, 0.2) is 10.6 Å². The summed E-state index contributed by atoms with van der Waals surface area (Å²) in [5.41, 5.74) is 1.47. The summed E-state index contributed by atoms with van der Waals surface area (Å²) >= 11 is 5.53. The highest BCUT2D eigenvalue weighted by atomic mass is 32.1. The fourth-order valence-electron chi connectivity index (χ4n) is 3.19. The van der Waals surface area contributed by atoms with Gasteiger partial charge in [-0.05, 0) is 54.9 Å². The molecule has 0 unspecified atom stereocenters. The Balaban J connectivity index is 1.61. The highest BCUT2D eigenvalue weighted by Gasteiger charge is 2.30. The number of nitrogens with zero attached hydrogens (tertiary/aromatic N) is 4. The van der Waals surface area contributed by atoms with Crippen molar-refractivity contribution in [2.24, 2.45) is 7.05 Å². The van der Waals surface area contributed by atoms with Crippen molar-refractivity contribution in [3.63, 3.8) is 0 Å². The Kier molecular flexibility index (Phi) is 4.88. The van der Waals surface area contributed by atoms with Gasteiger partial charge < -0.3 is 4.57 Å². The van der Waals surface area contributed by atoms with Gasteiger partial charge in [0.05, 0.1) is 12.2 Å². The van der Waals surface area contributed by atoms with Crippen molar-refractivity contribution in [3.8, 4) is 11.4 Å². The van der Waals surface area contributed by atoms with Crippen LogP contribution in [0, 0.1) is 16.4 Å². The van der Waals surface area contributed by atoms with Crippen molar-refractivity contribution in [3.05, 3.63) is 70.5 Å². The van der Waals surface area contributed by atoms with Crippen molar-refractivity contribution in [1.82, 2.24) is 19.2 Å². The fourth-order valence-corrected chi connectivity index (χ4v) is 3.37. The van der Waals surface area contributed by atoms with Gasteiger partial charge in [-0.25, -0.2) is 13.5 Å². The molecule has 4 rings (SSSR count). The van der Waals surface area contributed by atoms with E-state index < -0.39 is 0 Å². The van der Waals surface area contributed by atoms with Crippen molar-refractivity contribution >= 4 is 12.2 Å². The molecule has 4 nitrogen and oxygen atoms in total. The lowest BCUT2D eigenvalue weighted by atomic mass is 10.2. The Labute approximate surface area is 161 Å². The van der Waals surface area contributed by atoms with Crippen LogP contribution in [-0.2, 0) is 20.3 Å². The molecule has 140 valence electrons. The molecule has 2 aromatic carbocycles. The zero-order valence-electron chi connectivity index (χ0n) is 15.0. The van der Waals surface area contributed by atoms with Gasteiger partial charge >= 0.3 is 0 Å². The zero-order chi connectivity index (χ0) is 19.0. The van der Waals surface area contributed by atoms with E-state index >= 15 is 0 Å². The van der Waals surface area contributed by atoms with E-state index in [2.05, 4.69) is 10.00 Å². The lowest BCUT2D eigenvalue weighted by Crippen LogP contribution is -2.29. The number of hydrogen-bond acceptors (Lipinski definition) is 3. The monoisotopic (exact) mass is 386 g/mol. The third kappa shape index (κ3) is 3.84. The van der Waals surface area contributed by atoms with E-state index in [1.54, 1.807) is 46.6 Å². The van der Waals surface area contributed by atoms with Crippen molar-refractivity contribution in [1.29, 1.82) is 0 Å². The van der Waals surface area contributed by atoms with Crippen LogP contribution in [0.1, 0.15) is 18.4 Å². The third-order valence-corrected chi connectivity index (χ3v) is 5.32. The summed E-state index contributed by atoms with van der Waals surface area (Å²) < 4.78 is 31.3. The van der Waals surface area contributed by atoms with E-state index in [9.17, 15) is 8.78 Å². The number of aromatic nitrogens is 3. The largest absolute Gasteiger partial charge is 0.303 e. The molecule has 0 amide bonds. The summed E-state index contributed by atoms with van der Waals surface area (Å²) in [6.45, 7) is 1.21. The van der Waals surface area contributed by atoms with Gasteiger partial charge in [-0.15, -0.1) is 0 Å². The van der Waals surface area contributed by atoms with Gasteiger partial charge in [-0.1, -0.05) is 24.3 Å². The Morgan fingerprint density at radius 1 is 1.11 bits per heavy atom. The lowest BCUT2D eigenvalue weighted by molar-refractivity contribution is 0.186. The van der Waals surface area contributed by atoms with Crippen LogP contribution in [-0.4, -0.2) is 25.3 Å². The summed E-state index contributed by atoms with van der Waals surface area (Å²) in [6, 6.07) is 13.6. The molecule has 0 atom stereocenters. The first-order valence-electron chi connectivity index (χ1n) is 8.90. The molecule has 0 radical (unpaired) electrons. The molecule has 1 aromatic heterocycles. The van der Waals surface area contributed by atoms with Crippen LogP contribution in [0.2, 0.25) is 0 Å². The molecule has 7 heteroatoms. The second kappa shape index (κ2) is 7.32. The van der Waals surface area contributed by atoms with Gasteiger partial charge in [0.1, 0.15) is 11.6 Å². The molecule has 1 fully saturated rings. The Hall–Kier alpha value is -2.38. The molecule has 1 aliphatic carbocycles. The Bertz CT molecular complexity index is 1010. The summed E-state index contributed by atoms with van der Waals surface area (Å²) in [4.78, 5) is 2.28. The maximum absolute atomic E-state index is 14.2. The van der Waals surface area contributed by atoms with Crippen molar-refractivity contribution < 1.29 is 8.78 Å². The van der Waals surface area contributed by atoms with E-state index in [4.69, 9.17) is 12.2 Å². The van der Waals surface area contributed by atoms with E-state index in [0.717, 1.165) is 18.4 Å². The van der Waals surface area contributed by atoms with Crippen LogP contribution in [0.4, 0.5) is 8.78 Å². The summed E-state index contributed by atoms with van der Waals surface area (Å²) in [5, 5.41) is 4.58. The molecule has 27 heavy (non-hydrogen) atoms. The van der Waals surface area contributed by atoms with Crippen LogP contribution in [0.3, 0.4) is 0 Å². The SMILES string of the molecule is Cn1c(-c2ccccc2F)nn(CN(Cc2ccc(F)cc2)C2CC2)c1=S. The molecule has 0 bridgehead atoms. The molecule has 0 N–H and O–H groups in total. The molecule has 0 saturated heterocycles. The predicted octanol–water partition coefficient (Wildman–Crippen LogP) is 4.52. The van der Waals surface area contributed by atoms with Crippen LogP contribution in [0.25, 0.3) is 11.4 Å². The van der Waals surface area contributed by atoms with Crippen LogP contribution in [0.5, 0.6) is 0 Å². The standard InChI is InChI=1S/C20H20F2N4S/c1-24-19(17-4-2-3-5-18(17)22)23-26(20(24)27)13-25(16-10-11-16)12-14-6-8-15(21)9-7-14/h2-9,16H,10-13H2,1H3. The van der Waals surface area contributed by atoms with Gasteiger partial charge in [-0.3, -0.25) is 4.90 Å². The van der Waals surface area contributed by atoms with E-state index in [1.807, 2.05) is 0 Å². The van der Waals surface area contributed by atoms with Crippen molar-refractivity contribution in [2.75, 3.05) is 0 Å². The first-order valence-corrected chi connectivity index (χ1v) is 9.31. The first kappa shape index (κ1) is 18.0. The highest BCUT2D eigenvalue weighted by molar-refractivity contribution is 7.71. The van der Waals surface area contributed by atoms with Gasteiger partial charge in [0.25, 0.3) is 0 Å². The molecule has 0 spiro atoms. The number of rotatable bonds is 6. The second-order valence-corrected chi connectivity index (χ2v) is 7.26. The number of hydrogen-bond donors (Lipinski definition) is 0. The molecular formula is C20H20F2N4S. The quantitative estimate of drug-likeness (QED) is 0.583. The maximum atomic E-state index is 14.2. The summed E-state index contributed by atoms with van der Waals surface area (Å²) in [7, 11) is 1.80. The van der Waals surface area contributed by atoms with Gasteiger partial charge in [0, 0.05) is 19.6 Å². The minimum absolute atomic E-state index is 0.238. The second-order valence-electron chi connectivity index (χ2n) is 6.89. The van der Waals surface area contributed by atoms with E-state index in [1.165, 1.54) is 18.2 Å². The topological polar surface area (TPSA) is 26.0 Å². The number of halogens is 2. The third-order valence-electron chi connectivity index (χ3n) is 4.83. The Morgan fingerprint density at radius 3 is 2.48 bits per heavy atom. The average molecular weight is 386 g/mol. The minimum Gasteiger partial charge on any atom is -0.303 e. The molecule has 0 aliphatic heterocycles. The molecule has 1 aliphatic rings. The van der Waals surface area contributed by atoms with E-state index in [0.29, 0.717) is 35.4 Å². The highest BCUT2D eigenvalue weighted by Crippen LogP contribution is 2.29. The first-order chi connectivity index (χ1) is 13.0.